The second-order valence-corrected chi connectivity index (χ2v) is 6.42. The smallest absolute Gasteiger partial charge is 0.334 e. The summed E-state index contributed by atoms with van der Waals surface area (Å²) in [5.74, 6) is -1.27. The summed E-state index contributed by atoms with van der Waals surface area (Å²) in [6.45, 7) is 2.73. The number of nitrogens with zero attached hydrogens (tertiary/aromatic N) is 2. The third-order valence-corrected chi connectivity index (χ3v) is 4.88. The molecule has 1 aromatic carbocycles. The Bertz CT molecular complexity index is 690. The highest BCUT2D eigenvalue weighted by Crippen LogP contribution is 2.33. The van der Waals surface area contributed by atoms with Crippen molar-refractivity contribution in [1.29, 1.82) is 0 Å². The number of hydrogen-bond acceptors (Lipinski definition) is 4. The van der Waals surface area contributed by atoms with E-state index in [0.717, 1.165) is 17.5 Å². The second-order valence-electron chi connectivity index (χ2n) is 6.42. The molecule has 2 atom stereocenters. The van der Waals surface area contributed by atoms with Crippen LogP contribution in [0.15, 0.2) is 24.3 Å². The summed E-state index contributed by atoms with van der Waals surface area (Å²) in [6, 6.07) is 7.55. The third-order valence-electron chi connectivity index (χ3n) is 4.88. The predicted octanol–water partition coefficient (Wildman–Crippen LogP) is 0.834. The fraction of sp³-hybridized carbons (Fsp3) is 0.500. The lowest BCUT2D eigenvalue weighted by atomic mass is 9.90. The lowest BCUT2D eigenvalue weighted by Gasteiger charge is -2.38. The minimum atomic E-state index is -1.06. The zero-order valence-corrected chi connectivity index (χ0v) is 14.2. The average Bonchev–Trinajstić information content (AvgIpc) is 2.61. The number of fused-ring (bicyclic) bond motifs is 1. The van der Waals surface area contributed by atoms with E-state index in [4.69, 9.17) is 9.84 Å². The molecule has 1 fully saturated rings. The highest BCUT2D eigenvalue weighted by Gasteiger charge is 2.34. The molecule has 0 bridgehead atoms. The van der Waals surface area contributed by atoms with Crippen LogP contribution in [0, 0.1) is 0 Å². The Morgan fingerprint density at radius 2 is 2.00 bits per heavy atom. The molecule has 7 nitrogen and oxygen atoms in total. The monoisotopic (exact) mass is 346 g/mol. The summed E-state index contributed by atoms with van der Waals surface area (Å²) in [5, 5.41) is 9.09. The van der Waals surface area contributed by atoms with Crippen molar-refractivity contribution in [2.24, 2.45) is 0 Å². The van der Waals surface area contributed by atoms with Crippen molar-refractivity contribution >= 4 is 17.8 Å². The molecule has 1 N–H and O–H groups in total. The molecule has 3 rings (SSSR count). The van der Waals surface area contributed by atoms with Gasteiger partial charge in [0.25, 0.3) is 0 Å². The summed E-state index contributed by atoms with van der Waals surface area (Å²) >= 11 is 0. The van der Waals surface area contributed by atoms with Gasteiger partial charge in [0.05, 0.1) is 25.6 Å². The summed E-state index contributed by atoms with van der Waals surface area (Å²) in [4.78, 5) is 39.1. The Labute approximate surface area is 146 Å². The SMILES string of the molecule is CC(=O)N1CCc2ccccc2[C@@H]1CC(=O)N1CCO[C@H](C(=O)O)C1. The normalized spacial score (nSPS) is 23.1. The largest absolute Gasteiger partial charge is 0.479 e. The summed E-state index contributed by atoms with van der Waals surface area (Å²) in [6.07, 6.45) is -0.0533. The maximum atomic E-state index is 12.8. The van der Waals surface area contributed by atoms with Crippen LogP contribution in [-0.2, 0) is 25.5 Å². The number of aliphatic carboxylic acids is 1. The first-order chi connectivity index (χ1) is 12.0. The molecular formula is C18H22N2O5. The number of rotatable bonds is 3. The van der Waals surface area contributed by atoms with Gasteiger partial charge < -0.3 is 19.6 Å². The van der Waals surface area contributed by atoms with Crippen LogP contribution >= 0.6 is 0 Å². The van der Waals surface area contributed by atoms with Gasteiger partial charge in [0, 0.05) is 20.0 Å². The minimum absolute atomic E-state index is 0.0443. The van der Waals surface area contributed by atoms with E-state index in [1.54, 1.807) is 4.90 Å². The van der Waals surface area contributed by atoms with Crippen molar-refractivity contribution in [3.63, 3.8) is 0 Å². The molecule has 0 spiro atoms. The van der Waals surface area contributed by atoms with E-state index in [9.17, 15) is 14.4 Å². The number of benzene rings is 1. The maximum absolute atomic E-state index is 12.8. The number of carbonyl (C=O) groups excluding carboxylic acids is 2. The second kappa shape index (κ2) is 7.23. The molecule has 25 heavy (non-hydrogen) atoms. The molecule has 0 radical (unpaired) electrons. The summed E-state index contributed by atoms with van der Waals surface area (Å²) < 4.78 is 5.17. The first-order valence-electron chi connectivity index (χ1n) is 8.44. The van der Waals surface area contributed by atoms with Crippen LogP contribution in [0.5, 0.6) is 0 Å². The number of carboxylic acids is 1. The van der Waals surface area contributed by atoms with E-state index < -0.39 is 12.1 Å². The van der Waals surface area contributed by atoms with Gasteiger partial charge in [0.2, 0.25) is 11.8 Å². The molecule has 2 aliphatic rings. The molecule has 0 aromatic heterocycles. The van der Waals surface area contributed by atoms with Crippen molar-refractivity contribution < 1.29 is 24.2 Å². The molecule has 1 saturated heterocycles. The van der Waals surface area contributed by atoms with Gasteiger partial charge in [-0.1, -0.05) is 24.3 Å². The van der Waals surface area contributed by atoms with Crippen molar-refractivity contribution in [3.8, 4) is 0 Å². The number of amides is 2. The summed E-state index contributed by atoms with van der Waals surface area (Å²) in [5.41, 5.74) is 2.16. The average molecular weight is 346 g/mol. The quantitative estimate of drug-likeness (QED) is 0.876. The highest BCUT2D eigenvalue weighted by atomic mass is 16.5. The predicted molar refractivity (Wildman–Crippen MR) is 88.8 cm³/mol. The molecule has 2 amide bonds. The van der Waals surface area contributed by atoms with Crippen LogP contribution in [0.2, 0.25) is 0 Å². The third kappa shape index (κ3) is 3.66. The van der Waals surface area contributed by atoms with Gasteiger partial charge in [-0.2, -0.15) is 0 Å². The fourth-order valence-electron chi connectivity index (χ4n) is 3.57. The van der Waals surface area contributed by atoms with Crippen LogP contribution in [0.3, 0.4) is 0 Å². The van der Waals surface area contributed by atoms with E-state index in [-0.39, 0.29) is 37.4 Å². The maximum Gasteiger partial charge on any atom is 0.334 e. The van der Waals surface area contributed by atoms with Gasteiger partial charge in [-0.05, 0) is 17.5 Å². The van der Waals surface area contributed by atoms with Crippen LogP contribution < -0.4 is 0 Å². The first kappa shape index (κ1) is 17.4. The van der Waals surface area contributed by atoms with Crippen molar-refractivity contribution in [3.05, 3.63) is 35.4 Å². The van der Waals surface area contributed by atoms with Gasteiger partial charge in [0.1, 0.15) is 0 Å². The first-order valence-corrected chi connectivity index (χ1v) is 8.44. The van der Waals surface area contributed by atoms with Gasteiger partial charge in [-0.25, -0.2) is 4.79 Å². The molecule has 0 saturated carbocycles. The van der Waals surface area contributed by atoms with Gasteiger partial charge in [-0.3, -0.25) is 9.59 Å². The Morgan fingerprint density at radius 3 is 2.72 bits per heavy atom. The lowest BCUT2D eigenvalue weighted by Crippen LogP contribution is -2.50. The van der Waals surface area contributed by atoms with Gasteiger partial charge in [-0.15, -0.1) is 0 Å². The number of morpholine rings is 1. The van der Waals surface area contributed by atoms with E-state index in [1.165, 1.54) is 11.8 Å². The summed E-state index contributed by atoms with van der Waals surface area (Å²) in [7, 11) is 0. The van der Waals surface area contributed by atoms with Crippen LogP contribution in [0.4, 0.5) is 0 Å². The molecule has 134 valence electrons. The van der Waals surface area contributed by atoms with E-state index in [1.807, 2.05) is 24.3 Å². The minimum Gasteiger partial charge on any atom is -0.479 e. The molecule has 0 unspecified atom stereocenters. The molecule has 2 heterocycles. The number of carboxylic acid groups (broad SMARTS) is 1. The molecular weight excluding hydrogens is 324 g/mol. The number of hydrogen-bond donors (Lipinski definition) is 1. The van der Waals surface area contributed by atoms with Crippen molar-refractivity contribution in [1.82, 2.24) is 9.80 Å². The number of ether oxygens (including phenoxy) is 1. The van der Waals surface area contributed by atoms with E-state index in [2.05, 4.69) is 0 Å². The standard InChI is InChI=1S/C18H22N2O5/c1-12(21)20-7-6-13-4-2-3-5-14(13)15(20)10-17(22)19-8-9-25-16(11-19)18(23)24/h2-5,15-16H,6-11H2,1H3,(H,23,24)/t15-,16-/m0/s1. The van der Waals surface area contributed by atoms with Gasteiger partial charge >= 0.3 is 5.97 Å². The number of carbonyl (C=O) groups is 3. The fourth-order valence-corrected chi connectivity index (χ4v) is 3.57. The van der Waals surface area contributed by atoms with Crippen LogP contribution in [0.1, 0.15) is 30.5 Å². The van der Waals surface area contributed by atoms with Crippen LogP contribution in [-0.4, -0.2) is 65.0 Å². The Hall–Kier alpha value is -2.41. The molecule has 7 heteroatoms. The van der Waals surface area contributed by atoms with E-state index in [0.29, 0.717) is 13.1 Å². The van der Waals surface area contributed by atoms with Crippen LogP contribution in [0.25, 0.3) is 0 Å². The lowest BCUT2D eigenvalue weighted by molar-refractivity contribution is -0.159. The zero-order chi connectivity index (χ0) is 18.0. The van der Waals surface area contributed by atoms with Crippen molar-refractivity contribution in [2.45, 2.75) is 31.9 Å². The van der Waals surface area contributed by atoms with Crippen molar-refractivity contribution in [2.75, 3.05) is 26.2 Å². The molecule has 2 aliphatic heterocycles. The highest BCUT2D eigenvalue weighted by molar-refractivity contribution is 5.81. The molecule has 0 aliphatic carbocycles. The zero-order valence-electron chi connectivity index (χ0n) is 14.2. The topological polar surface area (TPSA) is 87.2 Å². The Morgan fingerprint density at radius 1 is 1.24 bits per heavy atom. The van der Waals surface area contributed by atoms with Gasteiger partial charge in [0.15, 0.2) is 6.10 Å². The van der Waals surface area contributed by atoms with E-state index >= 15 is 0 Å². The molecule has 1 aromatic rings. The Kier molecular flexibility index (Phi) is 5.03. The Balaban J connectivity index is 1.78.